The van der Waals surface area contributed by atoms with E-state index in [9.17, 15) is 19.5 Å². The number of benzene rings is 2. The van der Waals surface area contributed by atoms with Crippen LogP contribution in [0.2, 0.25) is 0 Å². The number of carboxylic acid groups (broad SMARTS) is 1. The number of hydrogen-bond acceptors (Lipinski definition) is 7. The molecule has 4 rings (SSSR count). The Morgan fingerprint density at radius 3 is 2.81 bits per heavy atom. The smallest absolute Gasteiger partial charge is 0.317 e. The second-order valence-corrected chi connectivity index (χ2v) is 9.28. The first-order chi connectivity index (χ1) is 17.9. The molecule has 37 heavy (non-hydrogen) atoms. The van der Waals surface area contributed by atoms with Gasteiger partial charge in [-0.25, -0.2) is 0 Å². The molecule has 10 nitrogen and oxygen atoms in total. The number of fused-ring (bicyclic) bond motifs is 5. The van der Waals surface area contributed by atoms with Gasteiger partial charge in [0, 0.05) is 25.2 Å². The molecule has 0 aromatic heterocycles. The van der Waals surface area contributed by atoms with Gasteiger partial charge in [-0.15, -0.1) is 0 Å². The van der Waals surface area contributed by atoms with E-state index in [0.717, 1.165) is 5.56 Å². The minimum Gasteiger partial charge on any atom is -0.493 e. The van der Waals surface area contributed by atoms with Crippen LogP contribution in [0.15, 0.2) is 42.5 Å². The number of rotatable bonds is 5. The van der Waals surface area contributed by atoms with Crippen molar-refractivity contribution in [3.8, 4) is 17.2 Å². The summed E-state index contributed by atoms with van der Waals surface area (Å²) in [7, 11) is 1.53. The van der Waals surface area contributed by atoms with Crippen LogP contribution < -0.4 is 14.8 Å². The zero-order chi connectivity index (χ0) is 26.4. The fourth-order valence-corrected chi connectivity index (χ4v) is 4.70. The van der Waals surface area contributed by atoms with Crippen LogP contribution in [-0.4, -0.2) is 84.7 Å². The number of piperidine rings is 1. The van der Waals surface area contributed by atoms with Crippen LogP contribution in [-0.2, 0) is 20.9 Å². The van der Waals surface area contributed by atoms with Gasteiger partial charge < -0.3 is 29.5 Å². The average molecular weight is 512 g/mol. The maximum absolute atomic E-state index is 13.4. The Hall–Kier alpha value is -3.63. The quantitative estimate of drug-likeness (QED) is 0.629. The predicted octanol–water partition coefficient (Wildman–Crippen LogP) is 2.51. The van der Waals surface area contributed by atoms with E-state index in [2.05, 4.69) is 5.32 Å². The van der Waals surface area contributed by atoms with E-state index in [4.69, 9.17) is 14.2 Å². The van der Waals surface area contributed by atoms with Gasteiger partial charge in [0.25, 0.3) is 5.91 Å². The monoisotopic (exact) mass is 511 g/mol. The summed E-state index contributed by atoms with van der Waals surface area (Å²) in [5.74, 6) is -0.0604. The van der Waals surface area contributed by atoms with Crippen molar-refractivity contribution in [1.29, 1.82) is 0 Å². The van der Waals surface area contributed by atoms with E-state index in [1.807, 2.05) is 31.2 Å². The molecule has 198 valence electrons. The Kier molecular flexibility index (Phi) is 8.62. The molecule has 2 atom stereocenters. The van der Waals surface area contributed by atoms with Gasteiger partial charge in [0.1, 0.15) is 5.75 Å². The molecule has 4 bridgehead atoms. The molecule has 0 saturated carbocycles. The third kappa shape index (κ3) is 6.78. The molecule has 2 aromatic carbocycles. The van der Waals surface area contributed by atoms with Crippen LogP contribution in [0.1, 0.15) is 35.7 Å². The lowest BCUT2D eigenvalue weighted by atomic mass is 10.0. The molecule has 0 aliphatic carbocycles. The number of carboxylic acids is 1. The predicted molar refractivity (Wildman–Crippen MR) is 135 cm³/mol. The first-order valence-electron chi connectivity index (χ1n) is 12.5. The van der Waals surface area contributed by atoms with Crippen LogP contribution in [0.25, 0.3) is 0 Å². The molecule has 0 spiro atoms. The van der Waals surface area contributed by atoms with E-state index in [-0.39, 0.29) is 37.6 Å². The summed E-state index contributed by atoms with van der Waals surface area (Å²) in [6, 6.07) is 12.1. The molecule has 10 heteroatoms. The van der Waals surface area contributed by atoms with Crippen molar-refractivity contribution in [2.45, 2.75) is 38.5 Å². The highest BCUT2D eigenvalue weighted by Crippen LogP contribution is 2.33. The number of aliphatic carboxylic acids is 1. The molecule has 0 unspecified atom stereocenters. The Bertz CT molecular complexity index is 1140. The number of nitrogens with zero attached hydrogens (tertiary/aromatic N) is 2. The molecule has 2 aliphatic rings. The summed E-state index contributed by atoms with van der Waals surface area (Å²) in [6.45, 7) is 3.31. The molecule has 0 radical (unpaired) electrons. The second-order valence-electron chi connectivity index (χ2n) is 9.28. The van der Waals surface area contributed by atoms with Gasteiger partial charge in [-0.1, -0.05) is 19.1 Å². The van der Waals surface area contributed by atoms with Crippen molar-refractivity contribution >= 4 is 17.8 Å². The number of ether oxygens (including phenoxy) is 3. The molecule has 2 heterocycles. The van der Waals surface area contributed by atoms with Gasteiger partial charge in [0.2, 0.25) is 5.91 Å². The van der Waals surface area contributed by atoms with Crippen molar-refractivity contribution in [3.05, 3.63) is 53.6 Å². The van der Waals surface area contributed by atoms with Crippen LogP contribution in [0.4, 0.5) is 0 Å². The van der Waals surface area contributed by atoms with E-state index < -0.39 is 12.1 Å². The van der Waals surface area contributed by atoms with Gasteiger partial charge in [0.15, 0.2) is 11.5 Å². The summed E-state index contributed by atoms with van der Waals surface area (Å²) >= 11 is 0. The maximum Gasteiger partial charge on any atom is 0.317 e. The summed E-state index contributed by atoms with van der Waals surface area (Å²) in [5, 5.41) is 12.3. The summed E-state index contributed by atoms with van der Waals surface area (Å²) < 4.78 is 17.8. The van der Waals surface area contributed by atoms with Gasteiger partial charge >= 0.3 is 5.97 Å². The Morgan fingerprint density at radius 1 is 1.22 bits per heavy atom. The lowest BCUT2D eigenvalue weighted by Gasteiger charge is -2.38. The summed E-state index contributed by atoms with van der Waals surface area (Å²) in [4.78, 5) is 41.1. The first kappa shape index (κ1) is 26.4. The van der Waals surface area contributed by atoms with Crippen molar-refractivity contribution in [1.82, 2.24) is 15.1 Å². The fraction of sp³-hybridized carbons (Fsp3) is 0.444. The van der Waals surface area contributed by atoms with Crippen molar-refractivity contribution in [2.75, 3.05) is 39.8 Å². The van der Waals surface area contributed by atoms with Gasteiger partial charge in [-0.05, 0) is 48.7 Å². The van der Waals surface area contributed by atoms with Crippen molar-refractivity contribution in [2.24, 2.45) is 0 Å². The minimum atomic E-state index is -0.909. The first-order valence-corrected chi connectivity index (χ1v) is 12.5. The maximum atomic E-state index is 13.4. The number of methoxy groups -OCH3 is 1. The number of hydrogen-bond donors (Lipinski definition) is 2. The van der Waals surface area contributed by atoms with Crippen LogP contribution in [0, 0.1) is 0 Å². The molecule has 1 saturated heterocycles. The topological polar surface area (TPSA) is 118 Å². The minimum absolute atomic E-state index is 0.0950. The van der Waals surface area contributed by atoms with Crippen molar-refractivity contribution < 1.29 is 33.7 Å². The second kappa shape index (κ2) is 12.1. The zero-order valence-corrected chi connectivity index (χ0v) is 21.1. The SMILES string of the molecule is CCCN1CC(=O)N[C@H]2CCN(CC(=O)O)C[C@@H]2OCc2cccc(c2)Oc2cc(ccc2OC)C1=O. The molecule has 2 amide bonds. The highest BCUT2D eigenvalue weighted by Gasteiger charge is 2.33. The Balaban J connectivity index is 1.67. The molecule has 2 N–H and O–H groups in total. The molecule has 1 fully saturated rings. The van der Waals surface area contributed by atoms with E-state index in [0.29, 0.717) is 55.3 Å². The standard InChI is InChI=1S/C27H33N3O7/c1-3-10-30-15-25(31)28-21-9-11-29(16-26(32)33)14-24(21)36-17-18-5-4-6-20(12-18)37-23-13-19(27(30)34)7-8-22(23)35-2/h4-8,12-13,21,24H,3,9-11,14-17H2,1-2H3,(H,28,31)(H,32,33)/t21-,24-/m0/s1. The van der Waals surface area contributed by atoms with Gasteiger partial charge in [-0.2, -0.15) is 0 Å². The van der Waals surface area contributed by atoms with Gasteiger partial charge in [0.05, 0.1) is 39.0 Å². The molecular formula is C27H33N3O7. The van der Waals surface area contributed by atoms with Crippen LogP contribution in [0.5, 0.6) is 17.2 Å². The lowest BCUT2D eigenvalue weighted by molar-refractivity contribution is -0.140. The third-order valence-electron chi connectivity index (χ3n) is 6.46. The summed E-state index contributed by atoms with van der Waals surface area (Å²) in [5.41, 5.74) is 1.24. The van der Waals surface area contributed by atoms with Crippen LogP contribution in [0.3, 0.4) is 0 Å². The Morgan fingerprint density at radius 2 is 2.05 bits per heavy atom. The highest BCUT2D eigenvalue weighted by atomic mass is 16.5. The largest absolute Gasteiger partial charge is 0.493 e. The average Bonchev–Trinajstić information content (AvgIpc) is 2.87. The number of likely N-dealkylation sites (tertiary alicyclic amines) is 1. The van der Waals surface area contributed by atoms with Crippen LogP contribution >= 0.6 is 0 Å². The zero-order valence-electron chi connectivity index (χ0n) is 21.1. The molecule has 2 aromatic rings. The Labute approximate surface area is 216 Å². The number of nitrogens with one attached hydrogen (secondary N) is 1. The van der Waals surface area contributed by atoms with Gasteiger partial charge in [-0.3, -0.25) is 19.3 Å². The number of amides is 2. The third-order valence-corrected chi connectivity index (χ3v) is 6.46. The highest BCUT2D eigenvalue weighted by molar-refractivity contribution is 5.97. The normalized spacial score (nSPS) is 21.0. The fourth-order valence-electron chi connectivity index (χ4n) is 4.70. The van der Waals surface area contributed by atoms with E-state index in [1.165, 1.54) is 12.0 Å². The van der Waals surface area contributed by atoms with E-state index in [1.54, 1.807) is 23.1 Å². The molecular weight excluding hydrogens is 478 g/mol. The molecule has 2 aliphatic heterocycles. The van der Waals surface area contributed by atoms with E-state index >= 15 is 0 Å². The summed E-state index contributed by atoms with van der Waals surface area (Å²) in [6.07, 6.45) is 0.804. The number of carbonyl (C=O) groups is 3. The lowest BCUT2D eigenvalue weighted by Crippen LogP contribution is -2.57. The number of carbonyl (C=O) groups excluding carboxylic acids is 2. The van der Waals surface area contributed by atoms with Crippen molar-refractivity contribution in [3.63, 3.8) is 0 Å².